The van der Waals surface area contributed by atoms with Gasteiger partial charge in [-0.2, -0.15) is 4.37 Å². The molecule has 0 bridgehead atoms. The van der Waals surface area contributed by atoms with E-state index in [4.69, 9.17) is 5.73 Å². The van der Waals surface area contributed by atoms with Crippen molar-refractivity contribution in [3.63, 3.8) is 0 Å². The molecule has 0 radical (unpaired) electrons. The molecule has 0 aliphatic rings. The van der Waals surface area contributed by atoms with Gasteiger partial charge >= 0.3 is 0 Å². The van der Waals surface area contributed by atoms with E-state index in [0.29, 0.717) is 0 Å². The predicted molar refractivity (Wildman–Crippen MR) is 52.8 cm³/mol. The van der Waals surface area contributed by atoms with Crippen LogP contribution < -0.4 is 5.73 Å². The first-order valence-corrected chi connectivity index (χ1v) is 5.34. The number of nitrogens with two attached hydrogens (primary N) is 1. The third kappa shape index (κ3) is 1.74. The summed E-state index contributed by atoms with van der Waals surface area (Å²) < 4.78 is 7.94. The molecule has 2 N–H and O–H groups in total. The highest BCUT2D eigenvalue weighted by molar-refractivity contribution is 7.06. The summed E-state index contributed by atoms with van der Waals surface area (Å²) in [6, 6.07) is 1.80. The van der Waals surface area contributed by atoms with Crippen molar-refractivity contribution >= 4 is 23.1 Å². The summed E-state index contributed by atoms with van der Waals surface area (Å²) in [5, 5.41) is 5.79. The Bertz CT molecular complexity index is 381. The lowest BCUT2D eigenvalue weighted by molar-refractivity contribution is 0.834. The van der Waals surface area contributed by atoms with Crippen LogP contribution in [0.2, 0.25) is 0 Å². The van der Waals surface area contributed by atoms with Crippen LogP contribution in [0.25, 0.3) is 0 Å². The number of aromatic nitrogens is 3. The average molecular weight is 212 g/mol. The van der Waals surface area contributed by atoms with Crippen LogP contribution in [-0.4, -0.2) is 14.0 Å². The van der Waals surface area contributed by atoms with E-state index < -0.39 is 0 Å². The molecule has 68 valence electrons. The SMILES string of the molecule is Cc1cc(C(N)c2csnn2)sn1. The summed E-state index contributed by atoms with van der Waals surface area (Å²) in [6.45, 7) is 1.95. The molecule has 0 aliphatic heterocycles. The van der Waals surface area contributed by atoms with E-state index in [1.807, 2.05) is 18.4 Å². The van der Waals surface area contributed by atoms with E-state index in [0.717, 1.165) is 16.3 Å². The molecule has 0 amide bonds. The molecule has 2 aromatic heterocycles. The fourth-order valence-electron chi connectivity index (χ4n) is 0.983. The van der Waals surface area contributed by atoms with E-state index >= 15 is 0 Å². The van der Waals surface area contributed by atoms with Crippen molar-refractivity contribution in [3.8, 4) is 0 Å². The lowest BCUT2D eigenvalue weighted by atomic mass is 10.2. The van der Waals surface area contributed by atoms with Crippen molar-refractivity contribution in [2.45, 2.75) is 13.0 Å². The van der Waals surface area contributed by atoms with E-state index in [9.17, 15) is 0 Å². The molecule has 2 aromatic rings. The van der Waals surface area contributed by atoms with Gasteiger partial charge in [0.25, 0.3) is 0 Å². The summed E-state index contributed by atoms with van der Waals surface area (Å²) >= 11 is 2.73. The largest absolute Gasteiger partial charge is 0.318 e. The third-order valence-electron chi connectivity index (χ3n) is 1.65. The summed E-state index contributed by atoms with van der Waals surface area (Å²) in [5.74, 6) is 0. The number of rotatable bonds is 2. The van der Waals surface area contributed by atoms with Gasteiger partial charge in [-0.15, -0.1) is 5.10 Å². The van der Waals surface area contributed by atoms with Gasteiger partial charge < -0.3 is 5.73 Å². The Kier molecular flexibility index (Phi) is 2.34. The topological polar surface area (TPSA) is 64.7 Å². The zero-order valence-corrected chi connectivity index (χ0v) is 8.60. The van der Waals surface area contributed by atoms with Crippen LogP contribution in [-0.2, 0) is 0 Å². The number of nitrogens with zero attached hydrogens (tertiary/aromatic N) is 3. The minimum absolute atomic E-state index is 0.176. The molecule has 2 rings (SSSR count). The molecule has 6 heteroatoms. The highest BCUT2D eigenvalue weighted by Crippen LogP contribution is 2.22. The van der Waals surface area contributed by atoms with Gasteiger partial charge in [0.05, 0.1) is 17.4 Å². The van der Waals surface area contributed by atoms with Gasteiger partial charge in [-0.05, 0) is 36.1 Å². The normalized spacial score (nSPS) is 13.1. The van der Waals surface area contributed by atoms with Gasteiger partial charge in [0.2, 0.25) is 0 Å². The summed E-state index contributed by atoms with van der Waals surface area (Å²) in [6.07, 6.45) is 0. The first kappa shape index (κ1) is 8.74. The quantitative estimate of drug-likeness (QED) is 0.816. The number of hydrogen-bond donors (Lipinski definition) is 1. The van der Waals surface area contributed by atoms with Gasteiger partial charge in [0.15, 0.2) is 0 Å². The maximum absolute atomic E-state index is 5.95. The minimum atomic E-state index is -0.176. The van der Waals surface area contributed by atoms with Gasteiger partial charge in [0, 0.05) is 10.3 Å². The van der Waals surface area contributed by atoms with Crippen LogP contribution in [0.15, 0.2) is 11.4 Å². The minimum Gasteiger partial charge on any atom is -0.318 e. The van der Waals surface area contributed by atoms with Crippen molar-refractivity contribution in [1.29, 1.82) is 0 Å². The smallest absolute Gasteiger partial charge is 0.0976 e. The van der Waals surface area contributed by atoms with E-state index in [-0.39, 0.29) is 6.04 Å². The number of aryl methyl sites for hydroxylation is 1. The molecule has 1 atom stereocenters. The Labute approximate surface area is 83.7 Å². The number of hydrogen-bond acceptors (Lipinski definition) is 6. The first-order valence-electron chi connectivity index (χ1n) is 3.73. The van der Waals surface area contributed by atoms with Crippen LogP contribution in [0.3, 0.4) is 0 Å². The monoisotopic (exact) mass is 212 g/mol. The van der Waals surface area contributed by atoms with Crippen LogP contribution >= 0.6 is 23.1 Å². The van der Waals surface area contributed by atoms with Crippen molar-refractivity contribution in [1.82, 2.24) is 14.0 Å². The second kappa shape index (κ2) is 3.49. The van der Waals surface area contributed by atoms with Crippen LogP contribution in [0.1, 0.15) is 22.3 Å². The molecule has 1 unspecified atom stereocenters. The lowest BCUT2D eigenvalue weighted by Crippen LogP contribution is -2.10. The van der Waals surface area contributed by atoms with Crippen molar-refractivity contribution in [2.24, 2.45) is 5.73 Å². The molecular formula is C7H8N4S2. The molecule has 0 aliphatic carbocycles. The van der Waals surface area contributed by atoms with Gasteiger partial charge in [-0.1, -0.05) is 4.49 Å². The molecule has 0 saturated carbocycles. The maximum atomic E-state index is 5.95. The van der Waals surface area contributed by atoms with Crippen LogP contribution in [0, 0.1) is 6.92 Å². The standard InChI is InChI=1S/C7H8N4S2/c1-4-2-6(13-10-4)7(8)5-3-12-11-9-5/h2-3,7H,8H2,1H3. The molecule has 0 aromatic carbocycles. The predicted octanol–water partition coefficient (Wildman–Crippen LogP) is 1.35. The molecule has 0 spiro atoms. The molecular weight excluding hydrogens is 204 g/mol. The van der Waals surface area contributed by atoms with Crippen molar-refractivity contribution in [2.75, 3.05) is 0 Å². The van der Waals surface area contributed by atoms with Gasteiger partial charge in [-0.3, -0.25) is 0 Å². The zero-order chi connectivity index (χ0) is 9.26. The highest BCUT2D eigenvalue weighted by Gasteiger charge is 2.13. The fraction of sp³-hybridized carbons (Fsp3) is 0.286. The summed E-state index contributed by atoms with van der Waals surface area (Å²) in [7, 11) is 0. The van der Waals surface area contributed by atoms with E-state index in [1.165, 1.54) is 23.1 Å². The Morgan fingerprint density at radius 1 is 1.54 bits per heavy atom. The van der Waals surface area contributed by atoms with Gasteiger partial charge in [0.1, 0.15) is 0 Å². The second-order valence-electron chi connectivity index (χ2n) is 2.68. The first-order chi connectivity index (χ1) is 6.27. The molecule has 2 heterocycles. The Morgan fingerprint density at radius 3 is 2.92 bits per heavy atom. The molecule has 0 fully saturated rings. The van der Waals surface area contributed by atoms with Crippen molar-refractivity contribution < 1.29 is 0 Å². The van der Waals surface area contributed by atoms with Crippen LogP contribution in [0.5, 0.6) is 0 Å². The molecule has 4 nitrogen and oxygen atoms in total. The van der Waals surface area contributed by atoms with Gasteiger partial charge in [-0.25, -0.2) is 0 Å². The van der Waals surface area contributed by atoms with Crippen LogP contribution in [0.4, 0.5) is 0 Å². The Morgan fingerprint density at radius 2 is 2.38 bits per heavy atom. The van der Waals surface area contributed by atoms with E-state index in [1.54, 1.807) is 0 Å². The average Bonchev–Trinajstić information content (AvgIpc) is 2.72. The highest BCUT2D eigenvalue weighted by atomic mass is 32.1. The summed E-state index contributed by atoms with van der Waals surface area (Å²) in [4.78, 5) is 1.03. The summed E-state index contributed by atoms with van der Waals surface area (Å²) in [5.41, 5.74) is 7.76. The Balaban J connectivity index is 2.28. The van der Waals surface area contributed by atoms with Crippen molar-refractivity contribution in [3.05, 3.63) is 27.7 Å². The molecule has 0 saturated heterocycles. The second-order valence-corrected chi connectivity index (χ2v) is 4.12. The zero-order valence-electron chi connectivity index (χ0n) is 6.97. The Hall–Kier alpha value is -0.850. The van der Waals surface area contributed by atoms with E-state index in [2.05, 4.69) is 14.0 Å². The maximum Gasteiger partial charge on any atom is 0.0976 e. The third-order valence-corrected chi connectivity index (χ3v) is 3.13. The molecule has 13 heavy (non-hydrogen) atoms. The lowest BCUT2D eigenvalue weighted by Gasteiger charge is -2.02. The fourth-order valence-corrected chi connectivity index (χ4v) is 2.23.